The van der Waals surface area contributed by atoms with Gasteiger partial charge in [-0.1, -0.05) is 0 Å². The van der Waals surface area contributed by atoms with Crippen LogP contribution >= 0.6 is 0 Å². The van der Waals surface area contributed by atoms with Crippen LogP contribution in [0.15, 0.2) is 0 Å². The minimum Gasteiger partial charge on any atom is -0.444 e. The Morgan fingerprint density at radius 1 is 1.26 bits per heavy atom. The van der Waals surface area contributed by atoms with Gasteiger partial charge in [-0.25, -0.2) is 4.79 Å². The van der Waals surface area contributed by atoms with E-state index in [0.717, 1.165) is 32.4 Å². The van der Waals surface area contributed by atoms with Crippen molar-refractivity contribution in [1.82, 2.24) is 15.1 Å². The molecule has 0 bridgehead atoms. The number of carbonyl (C=O) groups excluding carboxylic acids is 1. The molecule has 0 aromatic heterocycles. The maximum Gasteiger partial charge on any atom is 0.410 e. The molecule has 3 unspecified atom stereocenters. The minimum absolute atomic E-state index is 0.149. The van der Waals surface area contributed by atoms with Gasteiger partial charge in [-0.3, -0.25) is 0 Å². The molecule has 5 heteroatoms. The van der Waals surface area contributed by atoms with E-state index in [9.17, 15) is 4.79 Å². The van der Waals surface area contributed by atoms with E-state index >= 15 is 0 Å². The number of carbonyl (C=O) groups is 1. The Labute approximate surface area is 141 Å². The molecule has 0 aromatic rings. The number of amides is 1. The Morgan fingerprint density at radius 2 is 1.96 bits per heavy atom. The summed E-state index contributed by atoms with van der Waals surface area (Å²) in [5, 5.41) is 3.76. The molecule has 2 aliphatic rings. The Kier molecular flexibility index (Phi) is 6.32. The molecule has 2 rings (SSSR count). The van der Waals surface area contributed by atoms with E-state index in [1.54, 1.807) is 0 Å². The first-order valence-corrected chi connectivity index (χ1v) is 9.19. The van der Waals surface area contributed by atoms with Crippen LogP contribution in [0.4, 0.5) is 4.79 Å². The quantitative estimate of drug-likeness (QED) is 0.863. The highest BCUT2D eigenvalue weighted by molar-refractivity contribution is 5.68. The van der Waals surface area contributed by atoms with Gasteiger partial charge in [-0.15, -0.1) is 0 Å². The fourth-order valence-electron chi connectivity index (χ4n) is 3.82. The second-order valence-corrected chi connectivity index (χ2v) is 8.37. The summed E-state index contributed by atoms with van der Waals surface area (Å²) in [7, 11) is 2.19. The molecule has 2 aliphatic heterocycles. The van der Waals surface area contributed by atoms with Crippen molar-refractivity contribution in [2.75, 3.05) is 26.7 Å². The van der Waals surface area contributed by atoms with E-state index in [-0.39, 0.29) is 6.09 Å². The summed E-state index contributed by atoms with van der Waals surface area (Å²) in [6.07, 6.45) is 5.58. The zero-order chi connectivity index (χ0) is 17.0. The van der Waals surface area contributed by atoms with E-state index in [4.69, 9.17) is 4.74 Å². The van der Waals surface area contributed by atoms with Gasteiger partial charge in [0.2, 0.25) is 0 Å². The van der Waals surface area contributed by atoms with Gasteiger partial charge in [0.1, 0.15) is 5.60 Å². The summed E-state index contributed by atoms with van der Waals surface area (Å²) in [5.74, 6) is 0. The highest BCUT2D eigenvalue weighted by Crippen LogP contribution is 2.24. The Balaban J connectivity index is 1.81. The van der Waals surface area contributed by atoms with Crippen LogP contribution in [0.2, 0.25) is 0 Å². The summed E-state index contributed by atoms with van der Waals surface area (Å²) < 4.78 is 5.56. The van der Waals surface area contributed by atoms with Crippen LogP contribution in [-0.4, -0.2) is 66.3 Å². The van der Waals surface area contributed by atoms with E-state index in [2.05, 4.69) is 24.2 Å². The summed E-state index contributed by atoms with van der Waals surface area (Å²) in [6, 6.07) is 1.33. The third-order valence-electron chi connectivity index (χ3n) is 4.78. The zero-order valence-electron chi connectivity index (χ0n) is 15.6. The highest BCUT2D eigenvalue weighted by Gasteiger charge is 2.33. The molecule has 23 heavy (non-hydrogen) atoms. The fourth-order valence-corrected chi connectivity index (χ4v) is 3.82. The molecule has 2 saturated heterocycles. The van der Waals surface area contributed by atoms with Crippen LogP contribution < -0.4 is 5.32 Å². The number of ether oxygens (including phenoxy) is 1. The predicted molar refractivity (Wildman–Crippen MR) is 93.7 cm³/mol. The largest absolute Gasteiger partial charge is 0.444 e. The SMILES string of the molecule is CC(CC1CCCN1C(=O)OC(C)(C)C)NC1CCCN(C)C1. The summed E-state index contributed by atoms with van der Waals surface area (Å²) in [6.45, 7) is 11.2. The lowest BCUT2D eigenvalue weighted by Gasteiger charge is -2.34. The number of likely N-dealkylation sites (N-methyl/N-ethyl adjacent to an activating group) is 1. The second-order valence-electron chi connectivity index (χ2n) is 8.37. The van der Waals surface area contributed by atoms with Crippen molar-refractivity contribution in [3.05, 3.63) is 0 Å². The number of rotatable bonds is 4. The molecule has 2 heterocycles. The van der Waals surface area contributed by atoms with Crippen LogP contribution in [0.5, 0.6) is 0 Å². The molecule has 0 spiro atoms. The van der Waals surface area contributed by atoms with Crippen LogP contribution in [0.3, 0.4) is 0 Å². The Bertz CT molecular complexity index is 394. The topological polar surface area (TPSA) is 44.8 Å². The molecule has 2 fully saturated rings. The number of hydrogen-bond acceptors (Lipinski definition) is 4. The van der Waals surface area contributed by atoms with Crippen molar-refractivity contribution in [3.63, 3.8) is 0 Å². The number of piperidine rings is 1. The van der Waals surface area contributed by atoms with Gasteiger partial charge < -0.3 is 19.9 Å². The summed E-state index contributed by atoms with van der Waals surface area (Å²) in [4.78, 5) is 16.7. The average Bonchev–Trinajstić information content (AvgIpc) is 2.84. The molecule has 1 N–H and O–H groups in total. The van der Waals surface area contributed by atoms with Crippen molar-refractivity contribution in [2.45, 2.75) is 83.5 Å². The number of nitrogens with one attached hydrogen (secondary N) is 1. The van der Waals surface area contributed by atoms with Crippen molar-refractivity contribution in [3.8, 4) is 0 Å². The van der Waals surface area contributed by atoms with Gasteiger partial charge in [0, 0.05) is 31.2 Å². The maximum absolute atomic E-state index is 12.4. The number of likely N-dealkylation sites (tertiary alicyclic amines) is 2. The zero-order valence-corrected chi connectivity index (χ0v) is 15.6. The molecule has 0 saturated carbocycles. The molecule has 1 amide bonds. The molecular weight excluding hydrogens is 290 g/mol. The van der Waals surface area contributed by atoms with Gasteiger partial charge >= 0.3 is 6.09 Å². The molecule has 0 aliphatic carbocycles. The molecular formula is C18H35N3O2. The Morgan fingerprint density at radius 3 is 2.61 bits per heavy atom. The first kappa shape index (κ1) is 18.5. The van der Waals surface area contributed by atoms with Gasteiger partial charge in [0.15, 0.2) is 0 Å². The van der Waals surface area contributed by atoms with E-state index in [1.807, 2.05) is 25.7 Å². The van der Waals surface area contributed by atoms with Crippen LogP contribution in [0.25, 0.3) is 0 Å². The minimum atomic E-state index is -0.416. The second kappa shape index (κ2) is 7.84. The molecule has 0 aromatic carbocycles. The van der Waals surface area contributed by atoms with Gasteiger partial charge in [0.05, 0.1) is 0 Å². The third kappa shape index (κ3) is 5.96. The predicted octanol–water partition coefficient (Wildman–Crippen LogP) is 2.85. The lowest BCUT2D eigenvalue weighted by atomic mass is 10.0. The first-order valence-electron chi connectivity index (χ1n) is 9.19. The molecule has 5 nitrogen and oxygen atoms in total. The van der Waals surface area contributed by atoms with E-state index < -0.39 is 5.60 Å². The van der Waals surface area contributed by atoms with Crippen LogP contribution in [-0.2, 0) is 4.74 Å². The van der Waals surface area contributed by atoms with Crippen molar-refractivity contribution < 1.29 is 9.53 Å². The average molecular weight is 325 g/mol. The van der Waals surface area contributed by atoms with Crippen LogP contribution in [0.1, 0.15) is 59.8 Å². The van der Waals surface area contributed by atoms with E-state index in [1.165, 1.54) is 19.4 Å². The van der Waals surface area contributed by atoms with Crippen molar-refractivity contribution in [2.24, 2.45) is 0 Å². The first-order chi connectivity index (χ1) is 10.7. The van der Waals surface area contributed by atoms with Crippen LogP contribution in [0, 0.1) is 0 Å². The monoisotopic (exact) mass is 325 g/mol. The summed E-state index contributed by atoms with van der Waals surface area (Å²) >= 11 is 0. The standard InChI is InChI=1S/C18H35N3O2/c1-14(19-15-8-6-10-20(5)13-15)12-16-9-7-11-21(16)17(22)23-18(2,3)4/h14-16,19H,6-13H2,1-5H3. The molecule has 0 radical (unpaired) electrons. The van der Waals surface area contributed by atoms with Crippen molar-refractivity contribution in [1.29, 1.82) is 0 Å². The summed E-state index contributed by atoms with van der Waals surface area (Å²) in [5.41, 5.74) is -0.416. The lowest BCUT2D eigenvalue weighted by molar-refractivity contribution is 0.0213. The highest BCUT2D eigenvalue weighted by atomic mass is 16.6. The van der Waals surface area contributed by atoms with Gasteiger partial charge in [0.25, 0.3) is 0 Å². The smallest absolute Gasteiger partial charge is 0.410 e. The number of nitrogens with zero attached hydrogens (tertiary/aromatic N) is 2. The fraction of sp³-hybridized carbons (Fsp3) is 0.944. The van der Waals surface area contributed by atoms with Gasteiger partial charge in [-0.05, 0) is 73.4 Å². The van der Waals surface area contributed by atoms with E-state index in [0.29, 0.717) is 18.1 Å². The maximum atomic E-state index is 12.4. The Hall–Kier alpha value is -0.810. The molecule has 3 atom stereocenters. The lowest BCUT2D eigenvalue weighted by Crippen LogP contribution is -2.49. The molecule has 134 valence electrons. The number of hydrogen-bond donors (Lipinski definition) is 1. The normalized spacial score (nSPS) is 28.0. The van der Waals surface area contributed by atoms with Crippen molar-refractivity contribution >= 4 is 6.09 Å². The third-order valence-corrected chi connectivity index (χ3v) is 4.78. The van der Waals surface area contributed by atoms with Gasteiger partial charge in [-0.2, -0.15) is 0 Å².